The van der Waals surface area contributed by atoms with Crippen LogP contribution in [0.15, 0.2) is 48.8 Å². The number of halogens is 2. The van der Waals surface area contributed by atoms with Gasteiger partial charge in [0.25, 0.3) is 0 Å². The number of hydrogen-bond donors (Lipinski definition) is 1. The highest BCUT2D eigenvalue weighted by molar-refractivity contribution is 6.30. The molecule has 0 unspecified atom stereocenters. The summed E-state index contributed by atoms with van der Waals surface area (Å²) in [5.74, 6) is -0.286. The van der Waals surface area contributed by atoms with E-state index >= 15 is 0 Å². The van der Waals surface area contributed by atoms with Gasteiger partial charge in [-0.2, -0.15) is 0 Å². The van der Waals surface area contributed by atoms with Crippen LogP contribution in [0.25, 0.3) is 5.65 Å². The number of amides is 1. The molecule has 3 aromatic rings. The SMILES string of the molecule is O=C(CCC(=O)c1ccc(Cl)cc1)NCc1cn2cc(Cl)ccc2n1. The average molecular weight is 376 g/mol. The molecule has 1 N–H and O–H groups in total. The maximum atomic E-state index is 12.0. The molecule has 5 nitrogen and oxygen atoms in total. The summed E-state index contributed by atoms with van der Waals surface area (Å²) in [6.45, 7) is 0.299. The molecule has 0 atom stereocenters. The van der Waals surface area contributed by atoms with Crippen LogP contribution in [-0.2, 0) is 11.3 Å². The lowest BCUT2D eigenvalue weighted by molar-refractivity contribution is -0.121. The molecule has 0 aliphatic rings. The second-order valence-electron chi connectivity index (χ2n) is 5.55. The van der Waals surface area contributed by atoms with E-state index in [-0.39, 0.29) is 24.5 Å². The number of imidazole rings is 1. The van der Waals surface area contributed by atoms with E-state index in [1.165, 1.54) is 0 Å². The maximum Gasteiger partial charge on any atom is 0.220 e. The van der Waals surface area contributed by atoms with Gasteiger partial charge < -0.3 is 9.72 Å². The van der Waals surface area contributed by atoms with Gasteiger partial charge in [-0.25, -0.2) is 4.98 Å². The monoisotopic (exact) mass is 375 g/mol. The summed E-state index contributed by atoms with van der Waals surface area (Å²) >= 11 is 11.7. The zero-order valence-electron chi connectivity index (χ0n) is 13.2. The molecule has 1 amide bonds. The number of benzene rings is 1. The van der Waals surface area contributed by atoms with Crippen molar-refractivity contribution >= 4 is 40.5 Å². The Bertz CT molecular complexity index is 920. The third-order valence-corrected chi connectivity index (χ3v) is 4.15. The number of ketones is 1. The smallest absolute Gasteiger partial charge is 0.220 e. The summed E-state index contributed by atoms with van der Waals surface area (Å²) in [6, 6.07) is 10.2. The van der Waals surface area contributed by atoms with E-state index in [1.54, 1.807) is 53.2 Å². The highest BCUT2D eigenvalue weighted by Crippen LogP contribution is 2.13. The number of rotatable bonds is 6. The zero-order valence-corrected chi connectivity index (χ0v) is 14.7. The summed E-state index contributed by atoms with van der Waals surface area (Å²) in [7, 11) is 0. The van der Waals surface area contributed by atoms with E-state index in [0.29, 0.717) is 22.2 Å². The predicted molar refractivity (Wildman–Crippen MR) is 97.1 cm³/mol. The quantitative estimate of drug-likeness (QED) is 0.664. The average Bonchev–Trinajstić information content (AvgIpc) is 3.00. The van der Waals surface area contributed by atoms with E-state index in [0.717, 1.165) is 11.3 Å². The standard InChI is InChI=1S/C18H15Cl2N3O2/c19-13-3-1-12(2-4-13)16(24)6-8-18(25)21-9-15-11-23-10-14(20)5-7-17(23)22-15/h1-5,7,10-11H,6,8-9H2,(H,21,25). The van der Waals surface area contributed by atoms with Gasteiger partial charge in [0.2, 0.25) is 5.91 Å². The van der Waals surface area contributed by atoms with E-state index in [4.69, 9.17) is 23.2 Å². The first-order chi connectivity index (χ1) is 12.0. The minimum Gasteiger partial charge on any atom is -0.350 e. The number of Topliss-reactive ketones (excluding diaryl/α,β-unsaturated/α-hetero) is 1. The lowest BCUT2D eigenvalue weighted by atomic mass is 10.1. The molecular weight excluding hydrogens is 361 g/mol. The van der Waals surface area contributed by atoms with Crippen LogP contribution in [0.2, 0.25) is 10.0 Å². The fourth-order valence-electron chi connectivity index (χ4n) is 2.39. The molecule has 0 bridgehead atoms. The minimum atomic E-state index is -0.197. The Morgan fingerprint density at radius 2 is 1.68 bits per heavy atom. The number of carbonyl (C=O) groups is 2. The van der Waals surface area contributed by atoms with Gasteiger partial charge in [0.15, 0.2) is 5.78 Å². The Balaban J connectivity index is 1.50. The molecule has 7 heteroatoms. The number of carbonyl (C=O) groups excluding carboxylic acids is 2. The van der Waals surface area contributed by atoms with Crippen molar-refractivity contribution in [1.29, 1.82) is 0 Å². The number of aromatic nitrogens is 2. The topological polar surface area (TPSA) is 63.5 Å². The van der Waals surface area contributed by atoms with E-state index < -0.39 is 0 Å². The number of nitrogens with one attached hydrogen (secondary N) is 1. The summed E-state index contributed by atoms with van der Waals surface area (Å²) < 4.78 is 1.80. The van der Waals surface area contributed by atoms with Crippen molar-refractivity contribution in [3.8, 4) is 0 Å². The number of pyridine rings is 1. The largest absolute Gasteiger partial charge is 0.350 e. The third kappa shape index (κ3) is 4.59. The van der Waals surface area contributed by atoms with Crippen molar-refractivity contribution in [3.05, 3.63) is 70.1 Å². The Hall–Kier alpha value is -2.37. The molecule has 0 fully saturated rings. The Morgan fingerprint density at radius 3 is 2.44 bits per heavy atom. The van der Waals surface area contributed by atoms with Gasteiger partial charge in [0.05, 0.1) is 17.3 Å². The third-order valence-electron chi connectivity index (χ3n) is 3.68. The van der Waals surface area contributed by atoms with Crippen molar-refractivity contribution in [2.24, 2.45) is 0 Å². The van der Waals surface area contributed by atoms with Crippen molar-refractivity contribution in [3.63, 3.8) is 0 Å². The van der Waals surface area contributed by atoms with Crippen molar-refractivity contribution < 1.29 is 9.59 Å². The van der Waals surface area contributed by atoms with Crippen molar-refractivity contribution in [2.45, 2.75) is 19.4 Å². The van der Waals surface area contributed by atoms with Crippen LogP contribution in [0.5, 0.6) is 0 Å². The molecule has 0 aliphatic carbocycles. The molecule has 2 heterocycles. The Kier molecular flexibility index (Phi) is 5.36. The lowest BCUT2D eigenvalue weighted by Gasteiger charge is -2.03. The molecule has 0 saturated heterocycles. The van der Waals surface area contributed by atoms with Gasteiger partial charge in [0.1, 0.15) is 5.65 Å². The summed E-state index contributed by atoms with van der Waals surface area (Å²) in [6.07, 6.45) is 3.83. The van der Waals surface area contributed by atoms with Gasteiger partial charge in [-0.3, -0.25) is 9.59 Å². The molecule has 0 spiro atoms. The van der Waals surface area contributed by atoms with E-state index in [2.05, 4.69) is 10.3 Å². The first-order valence-electron chi connectivity index (χ1n) is 7.70. The molecule has 128 valence electrons. The first kappa shape index (κ1) is 17.5. The minimum absolute atomic E-state index is 0.0887. The molecule has 2 aromatic heterocycles. The predicted octanol–water partition coefficient (Wildman–Crippen LogP) is 3.92. The summed E-state index contributed by atoms with van der Waals surface area (Å²) in [5, 5.41) is 3.95. The molecule has 0 saturated carbocycles. The Labute approximate surface area is 154 Å². The lowest BCUT2D eigenvalue weighted by Crippen LogP contribution is -2.23. The zero-order chi connectivity index (χ0) is 17.8. The van der Waals surface area contributed by atoms with Gasteiger partial charge in [-0.05, 0) is 36.4 Å². The number of fused-ring (bicyclic) bond motifs is 1. The molecule has 0 radical (unpaired) electrons. The number of hydrogen-bond acceptors (Lipinski definition) is 3. The van der Waals surface area contributed by atoms with Gasteiger partial charge >= 0.3 is 0 Å². The van der Waals surface area contributed by atoms with Gasteiger partial charge in [-0.15, -0.1) is 0 Å². The van der Waals surface area contributed by atoms with Crippen LogP contribution in [-0.4, -0.2) is 21.1 Å². The second kappa shape index (κ2) is 7.68. The molecule has 0 aliphatic heterocycles. The van der Waals surface area contributed by atoms with Crippen LogP contribution >= 0.6 is 23.2 Å². The summed E-state index contributed by atoms with van der Waals surface area (Å²) in [5.41, 5.74) is 2.03. The normalized spacial score (nSPS) is 10.8. The van der Waals surface area contributed by atoms with Crippen LogP contribution in [0.4, 0.5) is 0 Å². The van der Waals surface area contributed by atoms with Crippen LogP contribution in [0.3, 0.4) is 0 Å². The molecular formula is C18H15Cl2N3O2. The van der Waals surface area contributed by atoms with Crippen molar-refractivity contribution in [2.75, 3.05) is 0 Å². The van der Waals surface area contributed by atoms with Crippen LogP contribution in [0, 0.1) is 0 Å². The highest BCUT2D eigenvalue weighted by Gasteiger charge is 2.10. The number of nitrogens with zero attached hydrogens (tertiary/aromatic N) is 2. The summed E-state index contributed by atoms with van der Waals surface area (Å²) in [4.78, 5) is 28.4. The first-order valence-corrected chi connectivity index (χ1v) is 8.45. The van der Waals surface area contributed by atoms with Gasteiger partial charge in [0, 0.05) is 35.8 Å². The fraction of sp³-hybridized carbons (Fsp3) is 0.167. The van der Waals surface area contributed by atoms with Crippen molar-refractivity contribution in [1.82, 2.24) is 14.7 Å². The molecule has 1 aromatic carbocycles. The maximum absolute atomic E-state index is 12.0. The van der Waals surface area contributed by atoms with Crippen LogP contribution in [0.1, 0.15) is 28.9 Å². The van der Waals surface area contributed by atoms with E-state index in [9.17, 15) is 9.59 Å². The van der Waals surface area contributed by atoms with Gasteiger partial charge in [-0.1, -0.05) is 23.2 Å². The fourth-order valence-corrected chi connectivity index (χ4v) is 2.68. The second-order valence-corrected chi connectivity index (χ2v) is 6.42. The van der Waals surface area contributed by atoms with E-state index in [1.807, 2.05) is 0 Å². The molecule has 3 rings (SSSR count). The van der Waals surface area contributed by atoms with Crippen LogP contribution < -0.4 is 5.32 Å². The highest BCUT2D eigenvalue weighted by atomic mass is 35.5. The Morgan fingerprint density at radius 1 is 0.960 bits per heavy atom. The molecule has 25 heavy (non-hydrogen) atoms.